The molecule has 0 aliphatic heterocycles. The number of rotatable bonds is 10. The Morgan fingerprint density at radius 1 is 1.05 bits per heavy atom. The standard InChI is InChI=1S/C38H52O6/c1-7-24(18-22(2)3)36(43)25-9-11-28(12-10-25)44-34(42)15-8-23(4)29-13-14-30-35-31(21-33(41)38(29,30)6)37(5)17-16-27(39)19-26(37)20-32(35)40/h7,9-12,22-24,26,29-31,35-36,43H,1,8,13-21H2,2-6H3/t23-,24-,26?,29-,30+,31+,35+,36+,37+,38-/m1/s1. The fraction of sp³-hybridized carbons (Fsp3) is 0.684. The van der Waals surface area contributed by atoms with Crippen molar-refractivity contribution < 1.29 is 29.0 Å². The summed E-state index contributed by atoms with van der Waals surface area (Å²) in [5, 5.41) is 10.8. The fourth-order valence-electron chi connectivity index (χ4n) is 10.00. The number of ether oxygens (including phenoxy) is 1. The highest BCUT2D eigenvalue weighted by atomic mass is 16.5. The maximum Gasteiger partial charge on any atom is 0.311 e. The minimum atomic E-state index is -0.657. The van der Waals surface area contributed by atoms with Crippen molar-refractivity contribution in [2.45, 2.75) is 105 Å². The Balaban J connectivity index is 1.19. The number of hydrogen-bond acceptors (Lipinski definition) is 6. The number of ketones is 3. The normalized spacial score (nSPS) is 35.3. The Hall–Kier alpha value is -2.60. The number of carbonyl (C=O) groups excluding carboxylic acids is 4. The molecule has 0 amide bonds. The smallest absolute Gasteiger partial charge is 0.311 e. The predicted molar refractivity (Wildman–Crippen MR) is 170 cm³/mol. The Labute approximate surface area is 263 Å². The van der Waals surface area contributed by atoms with Gasteiger partial charge in [-0.3, -0.25) is 19.2 Å². The molecule has 4 aliphatic carbocycles. The lowest BCUT2D eigenvalue weighted by Crippen LogP contribution is -2.60. The number of hydrogen-bond donors (Lipinski definition) is 1. The number of aliphatic hydroxyl groups is 1. The minimum absolute atomic E-state index is 0.0434. The molecule has 0 spiro atoms. The highest BCUT2D eigenvalue weighted by Gasteiger charge is 2.66. The van der Waals surface area contributed by atoms with Crippen LogP contribution in [0.25, 0.3) is 0 Å². The Bertz CT molecular complexity index is 1280. The van der Waals surface area contributed by atoms with Gasteiger partial charge in [0.15, 0.2) is 0 Å². The van der Waals surface area contributed by atoms with E-state index in [1.807, 2.05) is 0 Å². The zero-order valence-corrected chi connectivity index (χ0v) is 27.3. The number of esters is 1. The van der Waals surface area contributed by atoms with Crippen molar-refractivity contribution in [3.05, 3.63) is 42.5 Å². The average molecular weight is 605 g/mol. The summed E-state index contributed by atoms with van der Waals surface area (Å²) in [6, 6.07) is 7.05. The monoisotopic (exact) mass is 604 g/mol. The number of aliphatic hydroxyl groups excluding tert-OH is 1. The number of Topliss-reactive ketones (excluding diaryl/α,β-unsaturated/α-hetero) is 3. The zero-order valence-electron chi connectivity index (χ0n) is 27.3. The van der Waals surface area contributed by atoms with Crippen LogP contribution in [0.15, 0.2) is 36.9 Å². The van der Waals surface area contributed by atoms with E-state index >= 15 is 0 Å². The van der Waals surface area contributed by atoms with Gasteiger partial charge in [-0.1, -0.05) is 52.8 Å². The predicted octanol–water partition coefficient (Wildman–Crippen LogP) is 7.48. The minimum Gasteiger partial charge on any atom is -0.427 e. The second-order valence-corrected chi connectivity index (χ2v) is 15.5. The molecule has 1 N–H and O–H groups in total. The van der Waals surface area contributed by atoms with Crippen molar-refractivity contribution in [2.75, 3.05) is 0 Å². The van der Waals surface area contributed by atoms with E-state index in [0.717, 1.165) is 31.2 Å². The van der Waals surface area contributed by atoms with Crippen LogP contribution in [0.2, 0.25) is 0 Å². The summed E-state index contributed by atoms with van der Waals surface area (Å²) >= 11 is 0. The molecule has 44 heavy (non-hydrogen) atoms. The van der Waals surface area contributed by atoms with Gasteiger partial charge in [0.05, 0.1) is 6.10 Å². The van der Waals surface area contributed by atoms with Gasteiger partial charge >= 0.3 is 5.97 Å². The number of carbonyl (C=O) groups is 4. The van der Waals surface area contributed by atoms with Gasteiger partial charge in [0.2, 0.25) is 0 Å². The summed E-state index contributed by atoms with van der Waals surface area (Å²) in [5.74, 6) is 1.69. The largest absolute Gasteiger partial charge is 0.427 e. The van der Waals surface area contributed by atoms with Crippen LogP contribution in [0.5, 0.6) is 5.75 Å². The van der Waals surface area contributed by atoms with Crippen molar-refractivity contribution in [1.82, 2.24) is 0 Å². The summed E-state index contributed by atoms with van der Waals surface area (Å²) < 4.78 is 5.64. The van der Waals surface area contributed by atoms with E-state index in [-0.39, 0.29) is 76.6 Å². The maximum absolute atomic E-state index is 14.0. The molecule has 0 aromatic heterocycles. The molecule has 10 atom stereocenters. The molecule has 0 bridgehead atoms. The van der Waals surface area contributed by atoms with Crippen LogP contribution in [0.1, 0.15) is 110 Å². The van der Waals surface area contributed by atoms with Crippen LogP contribution in [-0.4, -0.2) is 28.4 Å². The first-order valence-corrected chi connectivity index (χ1v) is 17.0. The van der Waals surface area contributed by atoms with E-state index in [4.69, 9.17) is 4.74 Å². The summed E-state index contributed by atoms with van der Waals surface area (Å²) in [5.41, 5.74) is 0.100. The van der Waals surface area contributed by atoms with E-state index in [2.05, 4.69) is 41.2 Å². The lowest BCUT2D eigenvalue weighted by atomic mass is 9.44. The lowest BCUT2D eigenvalue weighted by Gasteiger charge is -2.58. The van der Waals surface area contributed by atoms with E-state index in [0.29, 0.717) is 43.8 Å². The van der Waals surface area contributed by atoms with Crippen LogP contribution >= 0.6 is 0 Å². The molecule has 6 heteroatoms. The Morgan fingerprint density at radius 3 is 2.41 bits per heavy atom. The molecule has 1 aromatic carbocycles. The van der Waals surface area contributed by atoms with Crippen LogP contribution in [-0.2, 0) is 19.2 Å². The SMILES string of the molecule is C=C[C@H](CC(C)C)[C@H](O)c1ccc(OC(=O)CC[C@@H](C)[C@H]2CC[C@H]3[C@@H]4C(=O)CC5CC(=O)CC[C@]5(C)[C@H]4CC(=O)[C@]23C)cc1. The summed E-state index contributed by atoms with van der Waals surface area (Å²) in [4.78, 5) is 52.8. The molecular formula is C38H52O6. The van der Waals surface area contributed by atoms with Gasteiger partial charge in [-0.15, -0.1) is 6.58 Å². The molecule has 4 fully saturated rings. The molecule has 5 rings (SSSR count). The summed E-state index contributed by atoms with van der Waals surface area (Å²) in [6.45, 7) is 14.6. The van der Waals surface area contributed by atoms with Crippen molar-refractivity contribution >= 4 is 23.3 Å². The molecular weight excluding hydrogens is 552 g/mol. The summed E-state index contributed by atoms with van der Waals surface area (Å²) in [7, 11) is 0. The van der Waals surface area contributed by atoms with Gasteiger partial charge in [-0.05, 0) is 90.7 Å². The first kappa shape index (κ1) is 32.8. The second-order valence-electron chi connectivity index (χ2n) is 15.5. The summed E-state index contributed by atoms with van der Waals surface area (Å²) in [6.07, 6.45) is 7.37. The molecule has 6 nitrogen and oxygen atoms in total. The molecule has 4 aliphatic rings. The van der Waals surface area contributed by atoms with E-state index < -0.39 is 11.5 Å². The quantitative estimate of drug-likeness (QED) is 0.169. The molecule has 0 heterocycles. The molecule has 1 aromatic rings. The van der Waals surface area contributed by atoms with Gasteiger partial charge < -0.3 is 9.84 Å². The fourth-order valence-corrected chi connectivity index (χ4v) is 10.00. The van der Waals surface area contributed by atoms with Crippen LogP contribution in [0.4, 0.5) is 0 Å². The second kappa shape index (κ2) is 12.7. The third kappa shape index (κ3) is 5.88. The molecule has 240 valence electrons. The Morgan fingerprint density at radius 2 is 1.75 bits per heavy atom. The third-order valence-corrected chi connectivity index (χ3v) is 12.6. The van der Waals surface area contributed by atoms with E-state index in [9.17, 15) is 24.3 Å². The number of fused-ring (bicyclic) bond motifs is 5. The van der Waals surface area contributed by atoms with Crippen molar-refractivity contribution in [1.29, 1.82) is 0 Å². The van der Waals surface area contributed by atoms with E-state index in [1.165, 1.54) is 0 Å². The topological polar surface area (TPSA) is 97.7 Å². The highest BCUT2D eigenvalue weighted by molar-refractivity contribution is 5.93. The number of benzene rings is 1. The first-order valence-electron chi connectivity index (χ1n) is 17.0. The van der Waals surface area contributed by atoms with Gasteiger partial charge in [0, 0.05) is 49.4 Å². The molecule has 0 radical (unpaired) electrons. The Kier molecular flexibility index (Phi) is 9.43. The van der Waals surface area contributed by atoms with Gasteiger partial charge in [0.25, 0.3) is 0 Å². The van der Waals surface area contributed by atoms with Gasteiger partial charge in [0.1, 0.15) is 23.1 Å². The van der Waals surface area contributed by atoms with Crippen molar-refractivity contribution in [3.63, 3.8) is 0 Å². The third-order valence-electron chi connectivity index (χ3n) is 12.6. The van der Waals surface area contributed by atoms with Crippen LogP contribution in [0.3, 0.4) is 0 Å². The average Bonchev–Trinajstić information content (AvgIpc) is 3.34. The molecule has 0 saturated heterocycles. The van der Waals surface area contributed by atoms with Gasteiger partial charge in [-0.2, -0.15) is 0 Å². The van der Waals surface area contributed by atoms with Crippen molar-refractivity contribution in [3.8, 4) is 5.75 Å². The molecule has 1 unspecified atom stereocenters. The van der Waals surface area contributed by atoms with E-state index in [1.54, 1.807) is 30.3 Å². The lowest BCUT2D eigenvalue weighted by molar-refractivity contribution is -0.166. The maximum atomic E-state index is 14.0. The van der Waals surface area contributed by atoms with Crippen LogP contribution in [0, 0.1) is 58.2 Å². The van der Waals surface area contributed by atoms with Gasteiger partial charge in [-0.25, -0.2) is 0 Å². The molecule has 4 saturated carbocycles. The highest BCUT2D eigenvalue weighted by Crippen LogP contribution is 2.66. The van der Waals surface area contributed by atoms with Crippen LogP contribution < -0.4 is 4.74 Å². The van der Waals surface area contributed by atoms with Crippen molar-refractivity contribution in [2.24, 2.45) is 58.2 Å². The first-order chi connectivity index (χ1) is 20.8. The zero-order chi connectivity index (χ0) is 32.0.